The van der Waals surface area contributed by atoms with E-state index in [-0.39, 0.29) is 22.6 Å². The first-order chi connectivity index (χ1) is 8.82. The highest BCUT2D eigenvalue weighted by Crippen LogP contribution is 2.16. The molecule has 3 nitrogen and oxygen atoms in total. The van der Waals surface area contributed by atoms with Gasteiger partial charge in [0.1, 0.15) is 5.82 Å². The van der Waals surface area contributed by atoms with Crippen LogP contribution >= 0.6 is 12.2 Å². The monoisotopic (exact) mass is 282 g/mol. The molecule has 0 bridgehead atoms. The highest BCUT2D eigenvalue weighted by atomic mass is 32.1. The summed E-state index contributed by atoms with van der Waals surface area (Å²) in [6, 6.07) is 6.18. The van der Waals surface area contributed by atoms with E-state index in [4.69, 9.17) is 18.0 Å². The number of halogens is 1. The maximum Gasteiger partial charge on any atom is 0.232 e. The number of thiocarbonyl (C=S) groups is 1. The van der Waals surface area contributed by atoms with Gasteiger partial charge in [0.05, 0.1) is 10.9 Å². The molecule has 1 unspecified atom stereocenters. The van der Waals surface area contributed by atoms with Crippen LogP contribution in [0.25, 0.3) is 0 Å². The fourth-order valence-electron chi connectivity index (χ4n) is 1.96. The van der Waals surface area contributed by atoms with Gasteiger partial charge in [-0.15, -0.1) is 0 Å². The molecule has 0 aromatic heterocycles. The van der Waals surface area contributed by atoms with Gasteiger partial charge < -0.3 is 10.6 Å². The fourth-order valence-corrected chi connectivity index (χ4v) is 2.33. The zero-order valence-corrected chi connectivity index (χ0v) is 12.2. The number of amides is 1. The normalized spacial score (nSPS) is 12.3. The second-order valence-electron chi connectivity index (χ2n) is 4.95. The van der Waals surface area contributed by atoms with Gasteiger partial charge >= 0.3 is 0 Å². The first-order valence-electron chi connectivity index (χ1n) is 6.11. The van der Waals surface area contributed by atoms with E-state index < -0.39 is 5.92 Å². The number of hydrogen-bond acceptors (Lipinski definition) is 2. The first kappa shape index (κ1) is 15.6. The molecule has 104 valence electrons. The van der Waals surface area contributed by atoms with Gasteiger partial charge in [0, 0.05) is 13.6 Å². The van der Waals surface area contributed by atoms with E-state index in [1.807, 2.05) is 13.8 Å². The number of carbonyl (C=O) groups is 1. The number of nitrogens with zero attached hydrogens (tertiary/aromatic N) is 1. The van der Waals surface area contributed by atoms with Gasteiger partial charge in [-0.3, -0.25) is 4.79 Å². The largest absolute Gasteiger partial charge is 0.393 e. The molecule has 2 N–H and O–H groups in total. The smallest absolute Gasteiger partial charge is 0.232 e. The van der Waals surface area contributed by atoms with Crippen LogP contribution in [0.4, 0.5) is 4.39 Å². The Bertz CT molecular complexity index is 476. The summed E-state index contributed by atoms with van der Waals surface area (Å²) in [5, 5.41) is 0. The molecular formula is C14H19FN2OS. The van der Waals surface area contributed by atoms with Crippen LogP contribution in [0.15, 0.2) is 24.3 Å². The summed E-state index contributed by atoms with van der Waals surface area (Å²) >= 11 is 4.94. The van der Waals surface area contributed by atoms with Crippen LogP contribution in [0.5, 0.6) is 0 Å². The van der Waals surface area contributed by atoms with Crippen molar-refractivity contribution in [3.63, 3.8) is 0 Å². The molecule has 0 saturated heterocycles. The molecule has 0 aliphatic heterocycles. The Hall–Kier alpha value is -1.49. The van der Waals surface area contributed by atoms with Crippen LogP contribution in [0.2, 0.25) is 0 Å². The molecule has 1 rings (SSSR count). The summed E-state index contributed by atoms with van der Waals surface area (Å²) < 4.78 is 13.1. The van der Waals surface area contributed by atoms with Crippen molar-refractivity contribution >= 4 is 23.1 Å². The van der Waals surface area contributed by atoms with E-state index in [1.165, 1.54) is 17.0 Å². The van der Waals surface area contributed by atoms with E-state index in [2.05, 4.69) is 0 Å². The molecule has 5 heteroatoms. The van der Waals surface area contributed by atoms with Crippen LogP contribution < -0.4 is 5.73 Å². The number of rotatable bonds is 5. The van der Waals surface area contributed by atoms with Gasteiger partial charge in [-0.25, -0.2) is 4.39 Å². The maximum absolute atomic E-state index is 13.1. The van der Waals surface area contributed by atoms with E-state index in [0.717, 1.165) is 5.56 Å². The minimum Gasteiger partial charge on any atom is -0.393 e. The summed E-state index contributed by atoms with van der Waals surface area (Å²) in [5.74, 6) is -0.881. The topological polar surface area (TPSA) is 46.3 Å². The lowest BCUT2D eigenvalue weighted by Crippen LogP contribution is -2.41. The molecule has 0 saturated carbocycles. The zero-order chi connectivity index (χ0) is 14.6. The van der Waals surface area contributed by atoms with Gasteiger partial charge in [-0.1, -0.05) is 38.2 Å². The van der Waals surface area contributed by atoms with Crippen molar-refractivity contribution in [1.29, 1.82) is 0 Å². The van der Waals surface area contributed by atoms with Gasteiger partial charge in [-0.05, 0) is 23.6 Å². The Morgan fingerprint density at radius 2 is 2.11 bits per heavy atom. The summed E-state index contributed by atoms with van der Waals surface area (Å²) in [6.45, 7) is 4.14. The standard InChI is InChI=1S/C14H19FN2OS/c1-9(2)12(13(16)19)14(18)17(3)8-10-5-4-6-11(15)7-10/h4-7,9,12H,8H2,1-3H3,(H2,16,19). The SMILES string of the molecule is CC(C)C(C(=O)N(C)Cc1cccc(F)c1)C(N)=S. The van der Waals surface area contributed by atoms with Crippen LogP contribution in [-0.2, 0) is 11.3 Å². The van der Waals surface area contributed by atoms with E-state index in [1.54, 1.807) is 19.2 Å². The molecule has 0 radical (unpaired) electrons. The van der Waals surface area contributed by atoms with Gasteiger partial charge in [-0.2, -0.15) is 0 Å². The van der Waals surface area contributed by atoms with Crippen molar-refractivity contribution in [1.82, 2.24) is 4.90 Å². The summed E-state index contributed by atoms with van der Waals surface area (Å²) in [6.07, 6.45) is 0. The predicted octanol–water partition coefficient (Wildman–Crippen LogP) is 2.34. The molecule has 0 aliphatic carbocycles. The first-order valence-corrected chi connectivity index (χ1v) is 6.52. The van der Waals surface area contributed by atoms with Crippen molar-refractivity contribution in [2.24, 2.45) is 17.6 Å². The van der Waals surface area contributed by atoms with E-state index in [0.29, 0.717) is 6.54 Å². The van der Waals surface area contributed by atoms with Crippen LogP contribution in [0, 0.1) is 17.7 Å². The minimum atomic E-state index is -0.478. The molecule has 0 heterocycles. The van der Waals surface area contributed by atoms with Crippen molar-refractivity contribution in [2.45, 2.75) is 20.4 Å². The molecule has 0 fully saturated rings. The van der Waals surface area contributed by atoms with E-state index in [9.17, 15) is 9.18 Å². The van der Waals surface area contributed by atoms with Crippen molar-refractivity contribution < 1.29 is 9.18 Å². The summed E-state index contributed by atoms with van der Waals surface area (Å²) in [7, 11) is 1.67. The summed E-state index contributed by atoms with van der Waals surface area (Å²) in [5.41, 5.74) is 6.36. The van der Waals surface area contributed by atoms with Crippen LogP contribution in [0.3, 0.4) is 0 Å². The van der Waals surface area contributed by atoms with Crippen molar-refractivity contribution in [3.8, 4) is 0 Å². The lowest BCUT2D eigenvalue weighted by Gasteiger charge is -2.25. The summed E-state index contributed by atoms with van der Waals surface area (Å²) in [4.78, 5) is 14.0. The average molecular weight is 282 g/mol. The highest BCUT2D eigenvalue weighted by molar-refractivity contribution is 7.80. The Morgan fingerprint density at radius 3 is 2.58 bits per heavy atom. The average Bonchev–Trinajstić information content (AvgIpc) is 2.27. The quantitative estimate of drug-likeness (QED) is 0.843. The minimum absolute atomic E-state index is 0.0416. The molecule has 1 atom stereocenters. The van der Waals surface area contributed by atoms with Crippen LogP contribution in [-0.4, -0.2) is 22.8 Å². The molecule has 1 aromatic rings. The number of benzene rings is 1. The Kier molecular flexibility index (Phi) is 5.42. The third-order valence-corrected chi connectivity index (χ3v) is 3.18. The van der Waals surface area contributed by atoms with Gasteiger partial charge in [0.15, 0.2) is 0 Å². The number of nitrogens with two attached hydrogens (primary N) is 1. The molecule has 0 spiro atoms. The Labute approximate surface area is 118 Å². The second kappa shape index (κ2) is 6.61. The third kappa shape index (κ3) is 4.28. The van der Waals surface area contributed by atoms with Crippen molar-refractivity contribution in [3.05, 3.63) is 35.6 Å². The molecule has 19 heavy (non-hydrogen) atoms. The molecule has 0 aliphatic rings. The Morgan fingerprint density at radius 1 is 1.47 bits per heavy atom. The number of carbonyl (C=O) groups excluding carboxylic acids is 1. The van der Waals surface area contributed by atoms with Gasteiger partial charge in [0.25, 0.3) is 0 Å². The van der Waals surface area contributed by atoms with Gasteiger partial charge in [0.2, 0.25) is 5.91 Å². The predicted molar refractivity (Wildman–Crippen MR) is 78.0 cm³/mol. The zero-order valence-electron chi connectivity index (χ0n) is 11.4. The van der Waals surface area contributed by atoms with E-state index >= 15 is 0 Å². The Balaban J connectivity index is 2.79. The maximum atomic E-state index is 13.1. The van der Waals surface area contributed by atoms with Crippen LogP contribution in [0.1, 0.15) is 19.4 Å². The molecule has 1 aromatic carbocycles. The second-order valence-corrected chi connectivity index (χ2v) is 5.42. The molecule has 1 amide bonds. The highest BCUT2D eigenvalue weighted by Gasteiger charge is 2.27. The fraction of sp³-hybridized carbons (Fsp3) is 0.429. The van der Waals surface area contributed by atoms with Crippen molar-refractivity contribution in [2.75, 3.05) is 7.05 Å². The third-order valence-electron chi connectivity index (χ3n) is 2.92. The lowest BCUT2D eigenvalue weighted by molar-refractivity contribution is -0.133. The lowest BCUT2D eigenvalue weighted by atomic mass is 9.94. The molecular weight excluding hydrogens is 263 g/mol. The number of hydrogen-bond donors (Lipinski definition) is 1.